The van der Waals surface area contributed by atoms with Crippen molar-refractivity contribution in [3.63, 3.8) is 0 Å². The standard InChI is InChI=1S/C63H98N6O16/c1-38-17-13-12-14-18-39(2)51(78-8)33-47-22-20-43(6)63(77,85-47)59(73)60(74)69-26-16-15-19-49(69)61(75)83-53(34-52(79-9)40(3)30-42(5)57(72)58(81-11)56(71)41(4)29-38)48(64)31-45-21-23-50(54(32-45)80-10)84-62(76)65-25-28-82-27-24-55(70)68-37-46-35-66-44(7)67-36-46/h12-14,17-18,30,35-36,38,40-41,43,45,47-54,57-58,72,77H,15-16,19-29,31-34,37,64H2,1-11H3,(H,65,76)(H,68,70)/b14-12?,17-13+,39-18?,42-30+/t38-,40-,41-,43-,45+,47+,48-,49+,50-,51+,52-,53+,54-,57-,58+,63-/m1/s1. The van der Waals surface area contributed by atoms with Crippen molar-refractivity contribution < 1.29 is 76.9 Å². The Hall–Kier alpha value is -5.30. The summed E-state index contributed by atoms with van der Waals surface area (Å²) in [5.74, 6) is -6.92. The summed E-state index contributed by atoms with van der Waals surface area (Å²) in [4.78, 5) is 92.3. The number of methoxy groups -OCH3 is 4. The predicted octanol–water partition coefficient (Wildman–Crippen LogP) is 5.87. The second-order valence-electron chi connectivity index (χ2n) is 23.8. The van der Waals surface area contributed by atoms with Crippen molar-refractivity contribution in [3.8, 4) is 0 Å². The van der Waals surface area contributed by atoms with E-state index in [9.17, 15) is 39.0 Å². The molecule has 2 saturated heterocycles. The number of rotatable bonds is 16. The fraction of sp³-hybridized carbons (Fsp3) is 0.714. The molecule has 5 rings (SSSR count). The summed E-state index contributed by atoms with van der Waals surface area (Å²) in [6, 6.07) is -1.98. The third kappa shape index (κ3) is 20.9. The number of nitrogens with two attached hydrogens (primary N) is 1. The van der Waals surface area contributed by atoms with Gasteiger partial charge in [-0.1, -0.05) is 64.2 Å². The Morgan fingerprint density at radius 3 is 2.25 bits per heavy atom. The molecule has 3 fully saturated rings. The number of nitrogens with one attached hydrogen (secondary N) is 2. The molecule has 2 bridgehead atoms. The monoisotopic (exact) mass is 1190 g/mol. The van der Waals surface area contributed by atoms with Gasteiger partial charge in [-0.15, -0.1) is 0 Å². The lowest BCUT2D eigenvalue weighted by Crippen LogP contribution is -2.61. The molecule has 1 aromatic rings. The summed E-state index contributed by atoms with van der Waals surface area (Å²) in [5.41, 5.74) is 9.26. The van der Waals surface area contributed by atoms with Crippen LogP contribution in [-0.2, 0) is 68.4 Å². The van der Waals surface area contributed by atoms with E-state index >= 15 is 0 Å². The number of hydrogen-bond acceptors (Lipinski definition) is 19. The molecule has 1 aromatic heterocycles. The molecular weight excluding hydrogens is 1100 g/mol. The number of nitrogens with zero attached hydrogens (tertiary/aromatic N) is 3. The zero-order valence-electron chi connectivity index (χ0n) is 52.0. The minimum absolute atomic E-state index is 0.00713. The van der Waals surface area contributed by atoms with Gasteiger partial charge in [-0.3, -0.25) is 19.2 Å². The van der Waals surface area contributed by atoms with Crippen LogP contribution < -0.4 is 16.4 Å². The maximum atomic E-state index is 14.7. The fourth-order valence-corrected chi connectivity index (χ4v) is 11.9. The molecule has 22 nitrogen and oxygen atoms in total. The zero-order chi connectivity index (χ0) is 62.4. The first-order valence-electron chi connectivity index (χ1n) is 30.3. The zero-order valence-corrected chi connectivity index (χ0v) is 52.0. The predicted molar refractivity (Wildman–Crippen MR) is 316 cm³/mol. The molecule has 476 valence electrons. The topological polar surface area (TPSA) is 296 Å². The number of amides is 3. The summed E-state index contributed by atoms with van der Waals surface area (Å²) < 4.78 is 47.5. The van der Waals surface area contributed by atoms with Crippen molar-refractivity contribution in [1.82, 2.24) is 25.5 Å². The first-order valence-corrected chi connectivity index (χ1v) is 30.3. The molecular formula is C63H98N6O16. The highest BCUT2D eigenvalue weighted by Gasteiger charge is 2.53. The number of aliphatic hydroxyl groups is 2. The lowest BCUT2D eigenvalue weighted by Gasteiger charge is -2.43. The van der Waals surface area contributed by atoms with Gasteiger partial charge in [0.25, 0.3) is 11.7 Å². The summed E-state index contributed by atoms with van der Waals surface area (Å²) in [6.45, 7) is 13.6. The van der Waals surface area contributed by atoms with Gasteiger partial charge in [0.1, 0.15) is 36.3 Å². The number of aliphatic hydroxyl groups excluding tert-OH is 1. The number of carbonyl (C=O) groups is 6. The average molecular weight is 1200 g/mol. The average Bonchev–Trinajstić information content (AvgIpc) is 3.61. The van der Waals surface area contributed by atoms with Crippen LogP contribution in [-0.4, -0.2) is 182 Å². The maximum Gasteiger partial charge on any atom is 0.407 e. The molecule has 16 atom stereocenters. The van der Waals surface area contributed by atoms with Crippen LogP contribution in [0.15, 0.2) is 60.0 Å². The molecule has 0 spiro atoms. The number of cyclic esters (lactones) is 1. The Bertz CT molecular complexity index is 2460. The molecule has 0 unspecified atom stereocenters. The summed E-state index contributed by atoms with van der Waals surface area (Å²) >= 11 is 0. The van der Waals surface area contributed by atoms with Crippen LogP contribution in [0.4, 0.5) is 4.79 Å². The molecule has 3 amide bonds. The largest absolute Gasteiger partial charge is 0.459 e. The minimum atomic E-state index is -2.47. The van der Waals surface area contributed by atoms with E-state index in [4.69, 9.17) is 43.6 Å². The number of esters is 1. The van der Waals surface area contributed by atoms with Crippen molar-refractivity contribution in [2.75, 3.05) is 54.7 Å². The molecule has 22 heteroatoms. The highest BCUT2D eigenvalue weighted by molar-refractivity contribution is 6.39. The highest BCUT2D eigenvalue weighted by Crippen LogP contribution is 2.38. The van der Waals surface area contributed by atoms with E-state index in [1.807, 2.05) is 64.2 Å². The molecule has 0 aromatic carbocycles. The van der Waals surface area contributed by atoms with Gasteiger partial charge < -0.3 is 69.4 Å². The molecule has 3 aliphatic heterocycles. The smallest absolute Gasteiger partial charge is 0.407 e. The number of ketones is 2. The van der Waals surface area contributed by atoms with Crippen LogP contribution in [0.3, 0.4) is 0 Å². The first kappa shape index (κ1) is 70.5. The second kappa shape index (κ2) is 34.9. The van der Waals surface area contributed by atoms with E-state index in [-0.39, 0.29) is 69.1 Å². The van der Waals surface area contributed by atoms with Crippen LogP contribution in [0.5, 0.6) is 0 Å². The van der Waals surface area contributed by atoms with Gasteiger partial charge in [-0.25, -0.2) is 19.6 Å². The van der Waals surface area contributed by atoms with Crippen LogP contribution in [0.25, 0.3) is 0 Å². The quantitative estimate of drug-likeness (QED) is 0.0559. The number of aromatic nitrogens is 2. The van der Waals surface area contributed by atoms with Gasteiger partial charge in [-0.2, -0.15) is 0 Å². The summed E-state index contributed by atoms with van der Waals surface area (Å²) in [6.07, 6.45) is 12.8. The number of piperidine rings is 1. The van der Waals surface area contributed by atoms with E-state index in [0.717, 1.165) is 11.1 Å². The van der Waals surface area contributed by atoms with E-state index < -0.39 is 108 Å². The number of hydrogen-bond donors (Lipinski definition) is 5. The van der Waals surface area contributed by atoms with Gasteiger partial charge in [0, 0.05) is 109 Å². The molecule has 0 radical (unpaired) electrons. The van der Waals surface area contributed by atoms with Gasteiger partial charge >= 0.3 is 12.1 Å². The molecule has 4 aliphatic rings. The number of fused-ring (bicyclic) bond motifs is 3. The van der Waals surface area contributed by atoms with Gasteiger partial charge in [-0.05, 0) is 108 Å². The lowest BCUT2D eigenvalue weighted by atomic mass is 9.80. The van der Waals surface area contributed by atoms with Crippen molar-refractivity contribution in [2.24, 2.45) is 35.3 Å². The van der Waals surface area contributed by atoms with Gasteiger partial charge in [0.2, 0.25) is 11.7 Å². The molecule has 6 N–H and O–H groups in total. The SMILES string of the molecule is CO[C@H]1C[C@@H]2CC[C@@H](C)[C@@](O)(O2)C(=O)C(=O)N2CCCC[C@H]2C(=O)O[C@H]([C@H](N)C[C@@H]2CC[C@@H](OC(=O)NCCOCCC(=O)NCc3cnc(C)nc3)[C@H](OC)C2)C[C@@H](OC)[C@H](C)/C=C(\C)[C@@H](O)[C@@H](OC)C(=O)[C@H](C)C[C@H](C)/C=C/C=CC=C1C. The van der Waals surface area contributed by atoms with E-state index in [1.165, 1.54) is 19.1 Å². The van der Waals surface area contributed by atoms with Crippen LogP contribution in [0.1, 0.15) is 136 Å². The van der Waals surface area contributed by atoms with E-state index in [1.54, 1.807) is 47.4 Å². The Labute approximate surface area is 502 Å². The van der Waals surface area contributed by atoms with Crippen molar-refractivity contribution in [2.45, 2.75) is 205 Å². The number of carbonyl (C=O) groups excluding carboxylic acids is 6. The first-order chi connectivity index (χ1) is 40.5. The van der Waals surface area contributed by atoms with Crippen LogP contribution >= 0.6 is 0 Å². The Morgan fingerprint density at radius 2 is 1.55 bits per heavy atom. The number of alkyl carbamates (subject to hydrolysis) is 1. The number of Topliss-reactive ketones (excluding diaryl/α,β-unsaturated/α-hetero) is 2. The number of ether oxygens (including phenoxy) is 8. The molecule has 1 aliphatic carbocycles. The number of allylic oxidation sites excluding steroid dienone is 5. The van der Waals surface area contributed by atoms with E-state index in [0.29, 0.717) is 82.2 Å². The lowest BCUT2D eigenvalue weighted by molar-refractivity contribution is -0.265. The van der Waals surface area contributed by atoms with Gasteiger partial charge in [0.15, 0.2) is 5.78 Å². The molecule has 1 saturated carbocycles. The summed E-state index contributed by atoms with van der Waals surface area (Å²) in [7, 11) is 6.04. The van der Waals surface area contributed by atoms with Crippen molar-refractivity contribution in [3.05, 3.63) is 71.4 Å². The number of aryl methyl sites for hydroxylation is 1. The maximum absolute atomic E-state index is 14.7. The minimum Gasteiger partial charge on any atom is -0.459 e. The summed E-state index contributed by atoms with van der Waals surface area (Å²) in [5, 5.41) is 29.3. The van der Waals surface area contributed by atoms with Crippen molar-refractivity contribution >= 4 is 35.4 Å². The Morgan fingerprint density at radius 1 is 0.824 bits per heavy atom. The second-order valence-corrected chi connectivity index (χ2v) is 23.8. The Balaban J connectivity index is 1.32. The molecule has 85 heavy (non-hydrogen) atoms. The Kier molecular flexibility index (Phi) is 28.9. The van der Waals surface area contributed by atoms with Gasteiger partial charge in [0.05, 0.1) is 37.6 Å². The third-order valence-electron chi connectivity index (χ3n) is 17.2. The molecule has 4 heterocycles. The fourth-order valence-electron chi connectivity index (χ4n) is 11.9. The van der Waals surface area contributed by atoms with Crippen molar-refractivity contribution in [1.29, 1.82) is 0 Å². The van der Waals surface area contributed by atoms with E-state index in [2.05, 4.69) is 20.6 Å². The highest BCUT2D eigenvalue weighted by atomic mass is 16.6. The third-order valence-corrected chi connectivity index (χ3v) is 17.2. The van der Waals surface area contributed by atoms with Crippen LogP contribution in [0.2, 0.25) is 0 Å². The van der Waals surface area contributed by atoms with Crippen LogP contribution in [0, 0.1) is 36.5 Å². The normalized spacial score (nSPS) is 33.3.